The standard InChI is InChI=1S/C19H22ClN5O2/c1-3-25-16(12-13(2)24-25)19-23-22-18(27-19)9-8-17(26)21-11-10-14-6-4-5-7-15(14)20/h4-7,12H,3,8-11H2,1-2H3,(H,21,26). The van der Waals surface area contributed by atoms with E-state index in [4.69, 9.17) is 16.0 Å². The highest BCUT2D eigenvalue weighted by Crippen LogP contribution is 2.19. The van der Waals surface area contributed by atoms with E-state index in [1.54, 1.807) is 0 Å². The first kappa shape index (κ1) is 19.1. The van der Waals surface area contributed by atoms with Crippen LogP contribution < -0.4 is 5.32 Å². The molecule has 0 aliphatic heterocycles. The van der Waals surface area contributed by atoms with Crippen LogP contribution in [-0.4, -0.2) is 32.4 Å². The van der Waals surface area contributed by atoms with E-state index in [0.717, 1.165) is 17.0 Å². The summed E-state index contributed by atoms with van der Waals surface area (Å²) in [6.07, 6.45) is 1.37. The van der Waals surface area contributed by atoms with Crippen molar-refractivity contribution in [3.63, 3.8) is 0 Å². The van der Waals surface area contributed by atoms with Crippen LogP contribution in [0.5, 0.6) is 0 Å². The van der Waals surface area contributed by atoms with Gasteiger partial charge in [-0.2, -0.15) is 5.10 Å². The number of carbonyl (C=O) groups is 1. The molecule has 1 aromatic carbocycles. The number of carbonyl (C=O) groups excluding carboxylic acids is 1. The van der Waals surface area contributed by atoms with Gasteiger partial charge < -0.3 is 9.73 Å². The normalized spacial score (nSPS) is 10.9. The second kappa shape index (κ2) is 8.81. The maximum Gasteiger partial charge on any atom is 0.265 e. The molecule has 0 bridgehead atoms. The zero-order valence-corrected chi connectivity index (χ0v) is 16.2. The second-order valence-electron chi connectivity index (χ2n) is 6.18. The molecule has 3 rings (SSSR count). The zero-order chi connectivity index (χ0) is 19.2. The van der Waals surface area contributed by atoms with Gasteiger partial charge in [0.15, 0.2) is 0 Å². The van der Waals surface area contributed by atoms with E-state index in [-0.39, 0.29) is 12.3 Å². The van der Waals surface area contributed by atoms with Crippen LogP contribution in [0.4, 0.5) is 0 Å². The van der Waals surface area contributed by atoms with Crippen molar-refractivity contribution >= 4 is 17.5 Å². The van der Waals surface area contributed by atoms with Crippen LogP contribution in [0.3, 0.4) is 0 Å². The molecule has 0 saturated heterocycles. The lowest BCUT2D eigenvalue weighted by atomic mass is 10.1. The lowest BCUT2D eigenvalue weighted by Crippen LogP contribution is -2.26. The molecule has 8 heteroatoms. The van der Waals surface area contributed by atoms with E-state index in [1.165, 1.54) is 0 Å². The monoisotopic (exact) mass is 387 g/mol. The van der Waals surface area contributed by atoms with Crippen LogP contribution in [0.1, 0.15) is 30.5 Å². The van der Waals surface area contributed by atoms with Crippen molar-refractivity contribution in [2.45, 2.75) is 39.7 Å². The van der Waals surface area contributed by atoms with Gasteiger partial charge in [-0.15, -0.1) is 10.2 Å². The van der Waals surface area contributed by atoms with E-state index in [0.29, 0.717) is 42.7 Å². The number of aromatic nitrogens is 4. The summed E-state index contributed by atoms with van der Waals surface area (Å²) >= 11 is 6.11. The first-order chi connectivity index (χ1) is 13.1. The van der Waals surface area contributed by atoms with Crippen molar-refractivity contribution in [2.24, 2.45) is 0 Å². The molecule has 0 unspecified atom stereocenters. The molecule has 7 nitrogen and oxygen atoms in total. The van der Waals surface area contributed by atoms with Gasteiger partial charge in [0.1, 0.15) is 5.69 Å². The molecule has 2 aromatic heterocycles. The van der Waals surface area contributed by atoms with Gasteiger partial charge in [-0.3, -0.25) is 9.48 Å². The second-order valence-corrected chi connectivity index (χ2v) is 6.59. The molecular formula is C19H22ClN5O2. The van der Waals surface area contributed by atoms with E-state index < -0.39 is 0 Å². The van der Waals surface area contributed by atoms with Crippen molar-refractivity contribution in [1.29, 1.82) is 0 Å². The lowest BCUT2D eigenvalue weighted by Gasteiger charge is -2.06. The Kier molecular flexibility index (Phi) is 6.24. The van der Waals surface area contributed by atoms with Crippen LogP contribution in [-0.2, 0) is 24.2 Å². The van der Waals surface area contributed by atoms with Crippen LogP contribution in [0.15, 0.2) is 34.7 Å². The summed E-state index contributed by atoms with van der Waals surface area (Å²) in [7, 11) is 0. The van der Waals surface area contributed by atoms with Gasteiger partial charge in [-0.1, -0.05) is 29.8 Å². The third kappa shape index (κ3) is 4.95. The predicted octanol–water partition coefficient (Wildman–Crippen LogP) is 3.21. The summed E-state index contributed by atoms with van der Waals surface area (Å²) in [5, 5.41) is 16.1. The van der Waals surface area contributed by atoms with Gasteiger partial charge in [-0.25, -0.2) is 0 Å². The van der Waals surface area contributed by atoms with Crippen molar-refractivity contribution in [1.82, 2.24) is 25.3 Å². The van der Waals surface area contributed by atoms with Gasteiger partial charge in [-0.05, 0) is 38.0 Å². The molecule has 0 atom stereocenters. The van der Waals surface area contributed by atoms with E-state index >= 15 is 0 Å². The third-order valence-electron chi connectivity index (χ3n) is 4.13. The topological polar surface area (TPSA) is 85.8 Å². The quantitative estimate of drug-likeness (QED) is 0.641. The van der Waals surface area contributed by atoms with Crippen LogP contribution >= 0.6 is 11.6 Å². The van der Waals surface area contributed by atoms with E-state index in [2.05, 4.69) is 20.6 Å². The number of halogens is 1. The maximum absolute atomic E-state index is 12.0. The Labute approximate surface area is 162 Å². The van der Waals surface area contributed by atoms with Gasteiger partial charge >= 0.3 is 0 Å². The summed E-state index contributed by atoms with van der Waals surface area (Å²) < 4.78 is 7.50. The molecular weight excluding hydrogens is 366 g/mol. The Hall–Kier alpha value is -2.67. The molecule has 0 saturated carbocycles. The Balaban J connectivity index is 1.48. The zero-order valence-electron chi connectivity index (χ0n) is 15.4. The lowest BCUT2D eigenvalue weighted by molar-refractivity contribution is -0.121. The highest BCUT2D eigenvalue weighted by molar-refractivity contribution is 6.31. The number of aryl methyl sites for hydroxylation is 3. The number of hydrogen-bond acceptors (Lipinski definition) is 5. The minimum absolute atomic E-state index is 0.0590. The molecule has 142 valence electrons. The van der Waals surface area contributed by atoms with E-state index in [1.807, 2.05) is 48.9 Å². The molecule has 1 amide bonds. The molecule has 27 heavy (non-hydrogen) atoms. The van der Waals surface area contributed by atoms with Crippen LogP contribution in [0, 0.1) is 6.92 Å². The predicted molar refractivity (Wildman–Crippen MR) is 102 cm³/mol. The fourth-order valence-electron chi connectivity index (χ4n) is 2.76. The Morgan fingerprint density at radius 1 is 1.26 bits per heavy atom. The average molecular weight is 388 g/mol. The minimum atomic E-state index is -0.0590. The Bertz CT molecular complexity index is 918. The summed E-state index contributed by atoms with van der Waals surface area (Å²) in [5.74, 6) is 0.801. The molecule has 1 N–H and O–H groups in total. The average Bonchev–Trinajstić information content (AvgIpc) is 3.27. The molecule has 0 aliphatic rings. The number of hydrogen-bond donors (Lipinski definition) is 1. The smallest absolute Gasteiger partial charge is 0.265 e. The first-order valence-corrected chi connectivity index (χ1v) is 9.32. The number of nitrogens with one attached hydrogen (secondary N) is 1. The molecule has 3 aromatic rings. The van der Waals surface area contributed by atoms with Crippen molar-refractivity contribution in [2.75, 3.05) is 6.54 Å². The molecule has 0 fully saturated rings. The van der Waals surface area contributed by atoms with Crippen LogP contribution in [0.2, 0.25) is 5.02 Å². The Morgan fingerprint density at radius 2 is 2.07 bits per heavy atom. The maximum atomic E-state index is 12.0. The fraction of sp³-hybridized carbons (Fsp3) is 0.368. The van der Waals surface area contributed by atoms with Gasteiger partial charge in [0.25, 0.3) is 5.89 Å². The summed E-state index contributed by atoms with van der Waals surface area (Å²) in [5.41, 5.74) is 2.70. The number of benzene rings is 1. The largest absolute Gasteiger partial charge is 0.419 e. The fourth-order valence-corrected chi connectivity index (χ4v) is 2.99. The Morgan fingerprint density at radius 3 is 2.85 bits per heavy atom. The molecule has 0 radical (unpaired) electrons. The summed E-state index contributed by atoms with van der Waals surface area (Å²) in [6, 6.07) is 9.53. The molecule has 2 heterocycles. The number of nitrogens with zero attached hydrogens (tertiary/aromatic N) is 4. The third-order valence-corrected chi connectivity index (χ3v) is 4.50. The van der Waals surface area contributed by atoms with Crippen LogP contribution in [0.25, 0.3) is 11.6 Å². The van der Waals surface area contributed by atoms with Gasteiger partial charge in [0.05, 0.1) is 5.69 Å². The number of rotatable bonds is 8. The highest BCUT2D eigenvalue weighted by atomic mass is 35.5. The number of amides is 1. The van der Waals surface area contributed by atoms with E-state index in [9.17, 15) is 4.79 Å². The van der Waals surface area contributed by atoms with Crippen molar-refractivity contribution < 1.29 is 9.21 Å². The molecule has 0 spiro atoms. The van der Waals surface area contributed by atoms with Crippen molar-refractivity contribution in [3.8, 4) is 11.6 Å². The minimum Gasteiger partial charge on any atom is -0.419 e. The van der Waals surface area contributed by atoms with Gasteiger partial charge in [0, 0.05) is 31.0 Å². The summed E-state index contributed by atoms with van der Waals surface area (Å²) in [4.78, 5) is 12.0. The van der Waals surface area contributed by atoms with Crippen molar-refractivity contribution in [3.05, 3.63) is 52.5 Å². The SMILES string of the molecule is CCn1nc(C)cc1-c1nnc(CCC(=O)NCCc2ccccc2Cl)o1. The van der Waals surface area contributed by atoms with Gasteiger partial charge in [0.2, 0.25) is 11.8 Å². The molecule has 0 aliphatic carbocycles. The summed E-state index contributed by atoms with van der Waals surface area (Å²) in [6.45, 7) is 5.17. The first-order valence-electron chi connectivity index (χ1n) is 8.94. The highest BCUT2D eigenvalue weighted by Gasteiger charge is 2.15.